The molecule has 0 aromatic heterocycles. The van der Waals surface area contributed by atoms with E-state index < -0.39 is 5.41 Å². The SMILES string of the molecule is CCCC[C@@H]1c2ccccc2C=C(OC)[C@]1(C)C=O. The lowest BCUT2D eigenvalue weighted by Gasteiger charge is -2.38. The Balaban J connectivity index is 2.52. The van der Waals surface area contributed by atoms with Gasteiger partial charge in [-0.3, -0.25) is 0 Å². The van der Waals surface area contributed by atoms with Crippen molar-refractivity contribution in [3.8, 4) is 0 Å². The quantitative estimate of drug-likeness (QED) is 0.741. The van der Waals surface area contributed by atoms with Gasteiger partial charge in [0, 0.05) is 5.92 Å². The summed E-state index contributed by atoms with van der Waals surface area (Å²) in [4.78, 5) is 11.7. The van der Waals surface area contributed by atoms with Crippen LogP contribution in [0.3, 0.4) is 0 Å². The van der Waals surface area contributed by atoms with Crippen molar-refractivity contribution in [1.82, 2.24) is 0 Å². The van der Waals surface area contributed by atoms with Gasteiger partial charge in [0.15, 0.2) is 0 Å². The second-order valence-electron chi connectivity index (χ2n) is 5.44. The number of carbonyl (C=O) groups excluding carboxylic acids is 1. The molecule has 1 aliphatic carbocycles. The highest BCUT2D eigenvalue weighted by molar-refractivity contribution is 5.74. The molecule has 1 aromatic carbocycles. The first-order chi connectivity index (χ1) is 9.17. The van der Waals surface area contributed by atoms with Gasteiger partial charge in [0.2, 0.25) is 0 Å². The number of aldehydes is 1. The molecular weight excluding hydrogens is 236 g/mol. The van der Waals surface area contributed by atoms with Gasteiger partial charge in [-0.1, -0.05) is 44.0 Å². The third kappa shape index (κ3) is 2.32. The van der Waals surface area contributed by atoms with Gasteiger partial charge in [-0.2, -0.15) is 0 Å². The van der Waals surface area contributed by atoms with Crippen LogP contribution in [0.4, 0.5) is 0 Å². The van der Waals surface area contributed by atoms with E-state index in [9.17, 15) is 4.79 Å². The second kappa shape index (κ2) is 5.60. The minimum absolute atomic E-state index is 0.209. The van der Waals surface area contributed by atoms with Gasteiger partial charge in [0.05, 0.1) is 12.5 Å². The zero-order valence-electron chi connectivity index (χ0n) is 12.0. The Labute approximate surface area is 115 Å². The highest BCUT2D eigenvalue weighted by Gasteiger charge is 2.42. The maximum Gasteiger partial charge on any atom is 0.134 e. The van der Waals surface area contributed by atoms with Gasteiger partial charge in [0.1, 0.15) is 12.0 Å². The van der Waals surface area contributed by atoms with Crippen molar-refractivity contribution in [1.29, 1.82) is 0 Å². The van der Waals surface area contributed by atoms with Crippen molar-refractivity contribution in [3.05, 3.63) is 41.2 Å². The largest absolute Gasteiger partial charge is 0.500 e. The smallest absolute Gasteiger partial charge is 0.134 e. The van der Waals surface area contributed by atoms with Crippen LogP contribution in [-0.4, -0.2) is 13.4 Å². The summed E-state index contributed by atoms with van der Waals surface area (Å²) in [7, 11) is 1.65. The van der Waals surface area contributed by atoms with Gasteiger partial charge in [-0.05, 0) is 30.5 Å². The van der Waals surface area contributed by atoms with E-state index in [1.54, 1.807) is 7.11 Å². The molecule has 1 aromatic rings. The second-order valence-corrected chi connectivity index (χ2v) is 5.44. The molecule has 19 heavy (non-hydrogen) atoms. The number of rotatable bonds is 5. The van der Waals surface area contributed by atoms with Gasteiger partial charge in [0.25, 0.3) is 0 Å². The van der Waals surface area contributed by atoms with Crippen LogP contribution in [0.5, 0.6) is 0 Å². The van der Waals surface area contributed by atoms with E-state index in [-0.39, 0.29) is 5.92 Å². The van der Waals surface area contributed by atoms with E-state index in [2.05, 4.69) is 25.1 Å². The first-order valence-electron chi connectivity index (χ1n) is 6.98. The monoisotopic (exact) mass is 258 g/mol. The van der Waals surface area contributed by atoms with Crippen LogP contribution in [0.2, 0.25) is 0 Å². The van der Waals surface area contributed by atoms with Crippen molar-refractivity contribution in [3.63, 3.8) is 0 Å². The normalized spacial score (nSPS) is 25.4. The van der Waals surface area contributed by atoms with Crippen LogP contribution >= 0.6 is 0 Å². The minimum Gasteiger partial charge on any atom is -0.500 e. The molecule has 2 heteroatoms. The zero-order chi connectivity index (χ0) is 13.9. The average molecular weight is 258 g/mol. The summed E-state index contributed by atoms with van der Waals surface area (Å²) in [5.41, 5.74) is 1.91. The minimum atomic E-state index is -0.543. The Bertz CT molecular complexity index is 490. The molecule has 0 saturated heterocycles. The standard InChI is InChI=1S/C17H22O2/c1-4-5-10-15-14-9-7-6-8-13(14)11-16(19-3)17(15,2)12-18/h6-9,11-12,15H,4-5,10H2,1-3H3/t15-,17-/m1/s1. The Morgan fingerprint density at radius 3 is 2.74 bits per heavy atom. The number of fused-ring (bicyclic) bond motifs is 1. The van der Waals surface area contributed by atoms with Crippen LogP contribution in [0.15, 0.2) is 30.0 Å². The number of methoxy groups -OCH3 is 1. The highest BCUT2D eigenvalue weighted by Crippen LogP contribution is 2.48. The molecule has 0 saturated carbocycles. The number of ether oxygens (including phenoxy) is 1. The molecule has 0 bridgehead atoms. The Hall–Kier alpha value is -1.57. The number of hydrogen-bond donors (Lipinski definition) is 0. The van der Waals surface area contributed by atoms with Gasteiger partial charge in [-0.25, -0.2) is 0 Å². The number of hydrogen-bond acceptors (Lipinski definition) is 2. The fourth-order valence-electron chi connectivity index (χ4n) is 3.03. The molecular formula is C17H22O2. The number of benzene rings is 1. The molecule has 0 spiro atoms. The molecule has 102 valence electrons. The molecule has 0 heterocycles. The lowest BCUT2D eigenvalue weighted by molar-refractivity contribution is -0.116. The predicted molar refractivity (Wildman–Crippen MR) is 77.9 cm³/mol. The summed E-state index contributed by atoms with van der Waals surface area (Å²) in [6.07, 6.45) is 6.34. The highest BCUT2D eigenvalue weighted by atomic mass is 16.5. The Morgan fingerprint density at radius 1 is 1.37 bits per heavy atom. The van der Waals surface area contributed by atoms with Crippen molar-refractivity contribution < 1.29 is 9.53 Å². The van der Waals surface area contributed by atoms with E-state index >= 15 is 0 Å². The molecule has 0 radical (unpaired) electrons. The number of allylic oxidation sites excluding steroid dienone is 1. The topological polar surface area (TPSA) is 26.3 Å². The van der Waals surface area contributed by atoms with Crippen LogP contribution in [0.25, 0.3) is 6.08 Å². The van der Waals surface area contributed by atoms with E-state index in [1.807, 2.05) is 19.1 Å². The maximum atomic E-state index is 11.7. The molecule has 0 unspecified atom stereocenters. The van der Waals surface area contributed by atoms with Crippen LogP contribution in [-0.2, 0) is 9.53 Å². The summed E-state index contributed by atoms with van der Waals surface area (Å²) >= 11 is 0. The summed E-state index contributed by atoms with van der Waals surface area (Å²) < 4.78 is 5.49. The number of unbranched alkanes of at least 4 members (excludes halogenated alkanes) is 1. The molecule has 2 nitrogen and oxygen atoms in total. The first-order valence-corrected chi connectivity index (χ1v) is 6.98. The van der Waals surface area contributed by atoms with E-state index in [4.69, 9.17) is 4.74 Å². The van der Waals surface area contributed by atoms with Crippen LogP contribution in [0, 0.1) is 5.41 Å². The van der Waals surface area contributed by atoms with Crippen LogP contribution < -0.4 is 0 Å². The lowest BCUT2D eigenvalue weighted by atomic mass is 9.66. The molecule has 0 fully saturated rings. The van der Waals surface area contributed by atoms with Crippen molar-refractivity contribution in [2.45, 2.75) is 39.0 Å². The third-order valence-electron chi connectivity index (χ3n) is 4.22. The predicted octanol–water partition coefficient (Wildman–Crippen LogP) is 4.17. The first kappa shape index (κ1) is 13.9. The third-order valence-corrected chi connectivity index (χ3v) is 4.22. The molecule has 2 rings (SSSR count). The van der Waals surface area contributed by atoms with Crippen molar-refractivity contribution >= 4 is 12.4 Å². The van der Waals surface area contributed by atoms with Crippen molar-refractivity contribution in [2.24, 2.45) is 5.41 Å². The molecule has 2 atom stereocenters. The summed E-state index contributed by atoms with van der Waals surface area (Å²) in [5.74, 6) is 0.989. The van der Waals surface area contributed by atoms with Gasteiger partial charge >= 0.3 is 0 Å². The van der Waals surface area contributed by atoms with Gasteiger partial charge < -0.3 is 9.53 Å². The van der Waals surface area contributed by atoms with E-state index in [1.165, 1.54) is 11.1 Å². The fourth-order valence-corrected chi connectivity index (χ4v) is 3.03. The zero-order valence-corrected chi connectivity index (χ0v) is 12.0. The summed E-state index contributed by atoms with van der Waals surface area (Å²) in [5, 5.41) is 0. The molecule has 1 aliphatic rings. The molecule has 0 N–H and O–H groups in total. The van der Waals surface area contributed by atoms with E-state index in [0.29, 0.717) is 0 Å². The van der Waals surface area contributed by atoms with Gasteiger partial charge in [-0.15, -0.1) is 0 Å². The maximum absolute atomic E-state index is 11.7. The fraction of sp³-hybridized carbons (Fsp3) is 0.471. The van der Waals surface area contributed by atoms with Crippen molar-refractivity contribution in [2.75, 3.05) is 7.11 Å². The number of carbonyl (C=O) groups is 1. The Morgan fingerprint density at radius 2 is 2.11 bits per heavy atom. The Kier molecular flexibility index (Phi) is 4.08. The molecule has 0 aliphatic heterocycles. The van der Waals surface area contributed by atoms with Crippen LogP contribution in [0.1, 0.15) is 50.2 Å². The average Bonchev–Trinajstić information content (AvgIpc) is 2.45. The lowest BCUT2D eigenvalue weighted by Crippen LogP contribution is -2.33. The van der Waals surface area contributed by atoms with E-state index in [0.717, 1.165) is 31.3 Å². The summed E-state index contributed by atoms with van der Waals surface area (Å²) in [6, 6.07) is 8.32. The molecule has 0 amide bonds. The summed E-state index contributed by atoms with van der Waals surface area (Å²) in [6.45, 7) is 4.17.